The second kappa shape index (κ2) is 5.83. The van der Waals surface area contributed by atoms with Gasteiger partial charge in [-0.2, -0.15) is 0 Å². The number of ether oxygens (including phenoxy) is 1. The number of anilines is 1. The molecule has 0 aliphatic heterocycles. The van der Waals surface area contributed by atoms with E-state index in [9.17, 15) is 0 Å². The highest BCUT2D eigenvalue weighted by molar-refractivity contribution is 5.74. The number of nitrogen functional groups attached to an aromatic ring is 1. The van der Waals surface area contributed by atoms with Crippen molar-refractivity contribution >= 4 is 11.6 Å². The molecule has 0 fully saturated rings. The lowest BCUT2D eigenvalue weighted by Gasteiger charge is -2.06. The second-order valence-electron chi connectivity index (χ2n) is 4.86. The summed E-state index contributed by atoms with van der Waals surface area (Å²) < 4.78 is 7.44. The lowest BCUT2D eigenvalue weighted by molar-refractivity contribution is 0.309. The molecule has 5 nitrogen and oxygen atoms in total. The molecule has 108 valence electrons. The number of unbranched alkanes of at least 4 members (excludes halogenated alkanes) is 1. The van der Waals surface area contributed by atoms with Gasteiger partial charge in [-0.3, -0.25) is 4.40 Å². The second-order valence-corrected chi connectivity index (χ2v) is 4.86. The van der Waals surface area contributed by atoms with Gasteiger partial charge in [0.15, 0.2) is 0 Å². The van der Waals surface area contributed by atoms with Gasteiger partial charge in [-0.25, -0.2) is 9.97 Å². The third-order valence-corrected chi connectivity index (χ3v) is 3.34. The molecule has 5 heteroatoms. The van der Waals surface area contributed by atoms with Gasteiger partial charge in [0.25, 0.3) is 0 Å². The Morgan fingerprint density at radius 3 is 2.76 bits per heavy atom. The topological polar surface area (TPSA) is 65.4 Å². The molecule has 0 spiro atoms. The first-order chi connectivity index (χ1) is 10.3. The molecule has 0 unspecified atom stereocenters. The van der Waals surface area contributed by atoms with E-state index in [1.165, 1.54) is 0 Å². The van der Waals surface area contributed by atoms with Crippen molar-refractivity contribution in [2.45, 2.75) is 19.8 Å². The number of nitrogens with two attached hydrogens (primary N) is 1. The Bertz CT molecular complexity index is 734. The van der Waals surface area contributed by atoms with Crippen LogP contribution in [0.25, 0.3) is 17.0 Å². The number of nitrogens with zero attached hydrogens (tertiary/aromatic N) is 3. The van der Waals surface area contributed by atoms with Crippen molar-refractivity contribution in [1.29, 1.82) is 0 Å². The van der Waals surface area contributed by atoms with Gasteiger partial charge in [-0.1, -0.05) is 13.3 Å². The summed E-state index contributed by atoms with van der Waals surface area (Å²) in [7, 11) is 0. The quantitative estimate of drug-likeness (QED) is 0.730. The van der Waals surface area contributed by atoms with Crippen molar-refractivity contribution in [2.75, 3.05) is 12.3 Å². The molecule has 0 amide bonds. The molecule has 2 aromatic heterocycles. The third kappa shape index (κ3) is 2.67. The predicted octanol–water partition coefficient (Wildman–Crippen LogP) is 3.16. The summed E-state index contributed by atoms with van der Waals surface area (Å²) in [6.45, 7) is 2.89. The number of hydrogen-bond donors (Lipinski definition) is 1. The first kappa shape index (κ1) is 13.4. The fraction of sp³-hybridized carbons (Fsp3) is 0.250. The Balaban J connectivity index is 1.87. The highest BCUT2D eigenvalue weighted by Gasteiger charge is 2.11. The summed E-state index contributed by atoms with van der Waals surface area (Å²) in [6.07, 6.45) is 5.75. The van der Waals surface area contributed by atoms with Crippen molar-refractivity contribution in [2.24, 2.45) is 0 Å². The van der Waals surface area contributed by atoms with Crippen LogP contribution in [0.5, 0.6) is 5.75 Å². The average Bonchev–Trinajstić information content (AvgIpc) is 2.86. The van der Waals surface area contributed by atoms with Gasteiger partial charge < -0.3 is 10.5 Å². The largest absolute Gasteiger partial charge is 0.494 e. The molecule has 0 bridgehead atoms. The summed E-state index contributed by atoms with van der Waals surface area (Å²) in [4.78, 5) is 8.68. The zero-order chi connectivity index (χ0) is 14.7. The molecule has 0 saturated carbocycles. The van der Waals surface area contributed by atoms with Gasteiger partial charge in [0.2, 0.25) is 5.78 Å². The molecule has 3 aromatic rings. The minimum atomic E-state index is 0.595. The maximum absolute atomic E-state index is 6.14. The summed E-state index contributed by atoms with van der Waals surface area (Å²) in [5.74, 6) is 2.07. The van der Waals surface area contributed by atoms with E-state index in [4.69, 9.17) is 10.5 Å². The monoisotopic (exact) mass is 282 g/mol. The Morgan fingerprint density at radius 1 is 1.24 bits per heavy atom. The van der Waals surface area contributed by atoms with Crippen LogP contribution >= 0.6 is 0 Å². The lowest BCUT2D eigenvalue weighted by Crippen LogP contribution is -1.96. The number of hydrogen-bond acceptors (Lipinski definition) is 4. The molecule has 0 aliphatic rings. The minimum absolute atomic E-state index is 0.595. The van der Waals surface area contributed by atoms with Crippen molar-refractivity contribution < 1.29 is 4.74 Å². The molecule has 3 rings (SSSR count). The molecular formula is C16H18N4O. The van der Waals surface area contributed by atoms with Gasteiger partial charge in [0.1, 0.15) is 17.3 Å². The lowest BCUT2D eigenvalue weighted by atomic mass is 10.1. The molecular weight excluding hydrogens is 264 g/mol. The van der Waals surface area contributed by atoms with Gasteiger partial charge in [-0.15, -0.1) is 0 Å². The molecule has 21 heavy (non-hydrogen) atoms. The van der Waals surface area contributed by atoms with Gasteiger partial charge in [0, 0.05) is 18.0 Å². The summed E-state index contributed by atoms with van der Waals surface area (Å²) in [5.41, 5.74) is 7.84. The molecule has 0 radical (unpaired) electrons. The third-order valence-electron chi connectivity index (χ3n) is 3.34. The van der Waals surface area contributed by atoms with Gasteiger partial charge >= 0.3 is 0 Å². The number of benzene rings is 1. The maximum atomic E-state index is 6.14. The Labute approximate surface area is 123 Å². The van der Waals surface area contributed by atoms with Gasteiger partial charge in [0.05, 0.1) is 6.61 Å². The van der Waals surface area contributed by atoms with Crippen LogP contribution in [0.3, 0.4) is 0 Å². The van der Waals surface area contributed by atoms with E-state index < -0.39 is 0 Å². The normalized spacial score (nSPS) is 10.9. The highest BCUT2D eigenvalue weighted by Crippen LogP contribution is 2.27. The molecule has 2 heterocycles. The van der Waals surface area contributed by atoms with E-state index in [0.717, 1.165) is 36.5 Å². The Morgan fingerprint density at radius 2 is 2.05 bits per heavy atom. The van der Waals surface area contributed by atoms with E-state index in [0.29, 0.717) is 11.6 Å². The van der Waals surface area contributed by atoms with Crippen molar-refractivity contribution in [1.82, 2.24) is 14.4 Å². The molecule has 0 atom stereocenters. The fourth-order valence-corrected chi connectivity index (χ4v) is 2.16. The van der Waals surface area contributed by atoms with Crippen LogP contribution < -0.4 is 10.5 Å². The number of fused-ring (bicyclic) bond motifs is 1. The van der Waals surface area contributed by atoms with E-state index in [-0.39, 0.29) is 0 Å². The molecule has 2 N–H and O–H groups in total. The molecule has 0 aliphatic carbocycles. The van der Waals surface area contributed by atoms with Crippen molar-refractivity contribution in [3.8, 4) is 17.0 Å². The Hall–Kier alpha value is -2.56. The van der Waals surface area contributed by atoms with Crippen LogP contribution in [-0.2, 0) is 0 Å². The predicted molar refractivity (Wildman–Crippen MR) is 83.2 cm³/mol. The van der Waals surface area contributed by atoms with Crippen LogP contribution in [-0.4, -0.2) is 21.0 Å². The van der Waals surface area contributed by atoms with Crippen LogP contribution in [0.2, 0.25) is 0 Å². The summed E-state index contributed by atoms with van der Waals surface area (Å²) in [5, 5.41) is 0. The zero-order valence-electron chi connectivity index (χ0n) is 12.0. The van der Waals surface area contributed by atoms with E-state index in [2.05, 4.69) is 16.9 Å². The standard InChI is InChI=1S/C16H18N4O/c1-2-3-11-21-13-7-5-12(6-8-13)14-15(17)20-10-4-9-18-16(20)19-14/h4-10H,2-3,11,17H2,1H3. The summed E-state index contributed by atoms with van der Waals surface area (Å²) >= 11 is 0. The smallest absolute Gasteiger partial charge is 0.235 e. The minimum Gasteiger partial charge on any atom is -0.494 e. The van der Waals surface area contributed by atoms with E-state index in [1.54, 1.807) is 10.6 Å². The van der Waals surface area contributed by atoms with Crippen LogP contribution in [0.1, 0.15) is 19.8 Å². The Kier molecular flexibility index (Phi) is 3.73. The average molecular weight is 282 g/mol. The fourth-order valence-electron chi connectivity index (χ4n) is 2.16. The first-order valence-electron chi connectivity index (χ1n) is 7.11. The van der Waals surface area contributed by atoms with E-state index >= 15 is 0 Å². The van der Waals surface area contributed by atoms with Gasteiger partial charge in [-0.05, 0) is 36.8 Å². The van der Waals surface area contributed by atoms with Crippen molar-refractivity contribution in [3.63, 3.8) is 0 Å². The SMILES string of the molecule is CCCCOc1ccc(-c2nc3ncccn3c2N)cc1. The number of imidazole rings is 1. The first-order valence-corrected chi connectivity index (χ1v) is 7.11. The molecule has 1 aromatic carbocycles. The summed E-state index contributed by atoms with van der Waals surface area (Å²) in [6, 6.07) is 9.67. The zero-order valence-corrected chi connectivity index (χ0v) is 12.0. The van der Waals surface area contributed by atoms with Crippen LogP contribution in [0.15, 0.2) is 42.7 Å². The molecule has 0 saturated heterocycles. The van der Waals surface area contributed by atoms with E-state index in [1.807, 2.05) is 36.5 Å². The number of rotatable bonds is 5. The maximum Gasteiger partial charge on any atom is 0.235 e. The highest BCUT2D eigenvalue weighted by atomic mass is 16.5. The number of aromatic nitrogens is 3. The van der Waals surface area contributed by atoms with Crippen LogP contribution in [0, 0.1) is 0 Å². The van der Waals surface area contributed by atoms with Crippen LogP contribution in [0.4, 0.5) is 5.82 Å². The van der Waals surface area contributed by atoms with Crippen molar-refractivity contribution in [3.05, 3.63) is 42.7 Å².